The van der Waals surface area contributed by atoms with E-state index in [1.54, 1.807) is 12.3 Å². The Balaban J connectivity index is 2.27. The second-order valence-electron chi connectivity index (χ2n) is 3.13. The summed E-state index contributed by atoms with van der Waals surface area (Å²) in [4.78, 5) is 23.5. The molecule has 0 aromatic carbocycles. The molecule has 17 heavy (non-hydrogen) atoms. The summed E-state index contributed by atoms with van der Waals surface area (Å²) in [5.41, 5.74) is 0.315. The molecule has 2 rings (SSSR count). The number of nitrogens with two attached hydrogens (primary N) is 1. The van der Waals surface area contributed by atoms with Crippen molar-refractivity contribution in [1.82, 2.24) is 15.0 Å². The molecule has 7 heteroatoms. The number of amides is 1. The fourth-order valence-corrected chi connectivity index (χ4v) is 1.62. The number of carbonyl (C=O) groups is 1. The summed E-state index contributed by atoms with van der Waals surface area (Å²) in [5.74, 6) is 5.68. The molecule has 0 saturated heterocycles. The number of carbonyl (C=O) groups excluding carboxylic acids is 1. The number of rotatable bonds is 2. The van der Waals surface area contributed by atoms with E-state index in [0.717, 1.165) is 8.58 Å². The molecule has 6 nitrogen and oxygen atoms in total. The number of nitrogens with zero attached hydrogens (tertiary/aromatic N) is 4. The standard InChI is InChI=1S/C10H8IN5O/c11-8-1-2-15-9(3-8)16(12)10(17)7-4-13-6-14-5-7/h1-6H,12H2. The van der Waals surface area contributed by atoms with Gasteiger partial charge in [0.15, 0.2) is 5.82 Å². The molecule has 2 N–H and O–H groups in total. The van der Waals surface area contributed by atoms with E-state index in [1.165, 1.54) is 18.7 Å². The van der Waals surface area contributed by atoms with Gasteiger partial charge in [0, 0.05) is 22.2 Å². The van der Waals surface area contributed by atoms with E-state index in [9.17, 15) is 4.79 Å². The van der Waals surface area contributed by atoms with Gasteiger partial charge in [-0.3, -0.25) is 4.79 Å². The molecular weight excluding hydrogens is 333 g/mol. The molecule has 86 valence electrons. The second kappa shape index (κ2) is 5.15. The van der Waals surface area contributed by atoms with Gasteiger partial charge >= 0.3 is 0 Å². The number of halogens is 1. The van der Waals surface area contributed by atoms with Crippen molar-refractivity contribution in [2.24, 2.45) is 5.84 Å². The fraction of sp³-hybridized carbons (Fsp3) is 0. The third kappa shape index (κ3) is 2.74. The van der Waals surface area contributed by atoms with Crippen molar-refractivity contribution >= 4 is 34.3 Å². The molecule has 0 unspecified atom stereocenters. The summed E-state index contributed by atoms with van der Waals surface area (Å²) in [6.07, 6.45) is 5.75. The topological polar surface area (TPSA) is 85.0 Å². The summed E-state index contributed by atoms with van der Waals surface area (Å²) < 4.78 is 0.945. The van der Waals surface area contributed by atoms with Crippen LogP contribution in [-0.4, -0.2) is 20.9 Å². The van der Waals surface area contributed by atoms with Crippen molar-refractivity contribution in [2.45, 2.75) is 0 Å². The number of hydrogen-bond donors (Lipinski definition) is 1. The Morgan fingerprint density at radius 3 is 2.71 bits per heavy atom. The number of anilines is 1. The molecule has 0 aliphatic heterocycles. The molecule has 0 saturated carbocycles. The molecule has 2 aromatic rings. The zero-order valence-electron chi connectivity index (χ0n) is 8.62. The van der Waals surface area contributed by atoms with Crippen molar-refractivity contribution < 1.29 is 4.79 Å². The summed E-state index contributed by atoms with van der Waals surface area (Å²) in [7, 11) is 0. The SMILES string of the molecule is NN(C(=O)c1cncnc1)c1cc(I)ccn1. The smallest absolute Gasteiger partial charge is 0.267 e. The van der Waals surface area contributed by atoms with Gasteiger partial charge in [-0.05, 0) is 34.7 Å². The Bertz CT molecular complexity index is 533. The maximum absolute atomic E-state index is 11.9. The van der Waals surface area contributed by atoms with Gasteiger partial charge in [-0.25, -0.2) is 25.8 Å². The van der Waals surface area contributed by atoms with Crippen LogP contribution in [0.3, 0.4) is 0 Å². The van der Waals surface area contributed by atoms with E-state index in [1.807, 2.05) is 6.07 Å². The monoisotopic (exact) mass is 341 g/mol. The van der Waals surface area contributed by atoms with Crippen molar-refractivity contribution in [2.75, 3.05) is 5.01 Å². The van der Waals surface area contributed by atoms with Gasteiger partial charge in [-0.1, -0.05) is 0 Å². The molecule has 1 amide bonds. The van der Waals surface area contributed by atoms with Crippen molar-refractivity contribution in [1.29, 1.82) is 0 Å². The zero-order chi connectivity index (χ0) is 12.3. The van der Waals surface area contributed by atoms with Gasteiger partial charge in [-0.2, -0.15) is 0 Å². The van der Waals surface area contributed by atoms with Crippen LogP contribution < -0.4 is 10.9 Å². The van der Waals surface area contributed by atoms with Crippen LogP contribution in [0, 0.1) is 3.57 Å². The van der Waals surface area contributed by atoms with Crippen molar-refractivity contribution in [3.63, 3.8) is 0 Å². The molecule has 0 aliphatic carbocycles. The Morgan fingerprint density at radius 1 is 1.35 bits per heavy atom. The van der Waals surface area contributed by atoms with Crippen LogP contribution in [-0.2, 0) is 0 Å². The molecule has 0 radical (unpaired) electrons. The number of hydrazine groups is 1. The van der Waals surface area contributed by atoms with Gasteiger partial charge in [0.05, 0.1) is 5.56 Å². The Hall–Kier alpha value is -1.61. The van der Waals surface area contributed by atoms with E-state index < -0.39 is 5.91 Å². The quantitative estimate of drug-likeness (QED) is 0.381. The predicted octanol–water partition coefficient (Wildman–Crippen LogP) is 0.997. The maximum Gasteiger partial charge on any atom is 0.276 e. The largest absolute Gasteiger partial charge is 0.276 e. The first-order valence-corrected chi connectivity index (χ1v) is 5.72. The van der Waals surface area contributed by atoms with Crippen LogP contribution >= 0.6 is 22.6 Å². The lowest BCUT2D eigenvalue weighted by atomic mass is 10.3. The summed E-state index contributed by atoms with van der Waals surface area (Å²) >= 11 is 2.12. The van der Waals surface area contributed by atoms with E-state index >= 15 is 0 Å². The van der Waals surface area contributed by atoms with Crippen molar-refractivity contribution in [3.8, 4) is 0 Å². The first-order chi connectivity index (χ1) is 8.18. The van der Waals surface area contributed by atoms with Crippen LogP contribution in [0.4, 0.5) is 5.82 Å². The number of aromatic nitrogens is 3. The Labute approximate surface area is 111 Å². The van der Waals surface area contributed by atoms with Gasteiger partial charge in [0.2, 0.25) is 0 Å². The predicted molar refractivity (Wildman–Crippen MR) is 70.0 cm³/mol. The normalized spacial score (nSPS) is 10.0. The van der Waals surface area contributed by atoms with E-state index in [2.05, 4.69) is 37.5 Å². The van der Waals surface area contributed by atoms with E-state index in [-0.39, 0.29) is 0 Å². The van der Waals surface area contributed by atoms with Gasteiger partial charge < -0.3 is 0 Å². The molecule has 2 aromatic heterocycles. The molecule has 0 spiro atoms. The Morgan fingerprint density at radius 2 is 2.06 bits per heavy atom. The maximum atomic E-state index is 11.9. The van der Waals surface area contributed by atoms with E-state index in [4.69, 9.17) is 5.84 Å². The van der Waals surface area contributed by atoms with Gasteiger partial charge in [0.25, 0.3) is 5.91 Å². The molecule has 2 heterocycles. The second-order valence-corrected chi connectivity index (χ2v) is 4.38. The van der Waals surface area contributed by atoms with Crippen molar-refractivity contribution in [3.05, 3.63) is 46.2 Å². The summed E-state index contributed by atoms with van der Waals surface area (Å²) in [5, 5.41) is 0.973. The minimum Gasteiger partial charge on any atom is -0.267 e. The highest BCUT2D eigenvalue weighted by atomic mass is 127. The lowest BCUT2D eigenvalue weighted by Gasteiger charge is -2.14. The molecule has 0 atom stereocenters. The molecular formula is C10H8IN5O. The first kappa shape index (κ1) is 11.9. The molecule has 0 bridgehead atoms. The highest BCUT2D eigenvalue weighted by Gasteiger charge is 2.15. The summed E-state index contributed by atoms with van der Waals surface area (Å²) in [6.45, 7) is 0. The Kier molecular flexibility index (Phi) is 3.59. The van der Waals surface area contributed by atoms with Gasteiger partial charge in [-0.15, -0.1) is 0 Å². The number of hydrogen-bond acceptors (Lipinski definition) is 5. The highest BCUT2D eigenvalue weighted by molar-refractivity contribution is 14.1. The lowest BCUT2D eigenvalue weighted by molar-refractivity contribution is 0.0985. The average Bonchev–Trinajstić information content (AvgIpc) is 2.38. The van der Waals surface area contributed by atoms with Gasteiger partial charge in [0.1, 0.15) is 6.33 Å². The fourth-order valence-electron chi connectivity index (χ4n) is 1.18. The van der Waals surface area contributed by atoms with Crippen LogP contribution in [0.25, 0.3) is 0 Å². The minimum absolute atomic E-state index is 0.315. The first-order valence-electron chi connectivity index (χ1n) is 4.64. The summed E-state index contributed by atoms with van der Waals surface area (Å²) in [6, 6.07) is 3.52. The highest BCUT2D eigenvalue weighted by Crippen LogP contribution is 2.13. The molecule has 0 aliphatic rings. The van der Waals surface area contributed by atoms with Crippen LogP contribution in [0.5, 0.6) is 0 Å². The number of pyridine rings is 1. The molecule has 0 fully saturated rings. The van der Waals surface area contributed by atoms with Crippen LogP contribution in [0.15, 0.2) is 37.1 Å². The lowest BCUT2D eigenvalue weighted by Crippen LogP contribution is -2.38. The van der Waals surface area contributed by atoms with Crippen LogP contribution in [0.2, 0.25) is 0 Å². The average molecular weight is 341 g/mol. The zero-order valence-corrected chi connectivity index (χ0v) is 10.8. The third-order valence-electron chi connectivity index (χ3n) is 1.98. The minimum atomic E-state index is -0.403. The third-order valence-corrected chi connectivity index (χ3v) is 2.65. The van der Waals surface area contributed by atoms with E-state index in [0.29, 0.717) is 11.4 Å². The van der Waals surface area contributed by atoms with Crippen LogP contribution in [0.1, 0.15) is 10.4 Å².